The molecule has 110 valence electrons. The van der Waals surface area contributed by atoms with E-state index in [2.05, 4.69) is 15.6 Å². The van der Waals surface area contributed by atoms with Gasteiger partial charge in [-0.2, -0.15) is 0 Å². The molecule has 0 aliphatic heterocycles. The highest BCUT2D eigenvalue weighted by atomic mass is 35.5. The van der Waals surface area contributed by atoms with Crippen LogP contribution in [0.2, 0.25) is 15.2 Å². The van der Waals surface area contributed by atoms with Gasteiger partial charge in [-0.1, -0.05) is 34.8 Å². The van der Waals surface area contributed by atoms with Crippen molar-refractivity contribution in [3.05, 3.63) is 57.3 Å². The molecular formula is C14H12Cl3N3O. The minimum Gasteiger partial charge on any atom is -0.383 e. The van der Waals surface area contributed by atoms with Crippen molar-refractivity contribution in [1.82, 2.24) is 10.3 Å². The predicted molar refractivity (Wildman–Crippen MR) is 86.5 cm³/mol. The molecule has 0 atom stereocenters. The summed E-state index contributed by atoms with van der Waals surface area (Å²) in [6, 6.07) is 8.26. The zero-order valence-corrected chi connectivity index (χ0v) is 13.1. The number of anilines is 1. The van der Waals surface area contributed by atoms with E-state index in [1.807, 2.05) is 0 Å². The van der Waals surface area contributed by atoms with Crippen molar-refractivity contribution in [3.63, 3.8) is 0 Å². The van der Waals surface area contributed by atoms with Crippen molar-refractivity contribution in [3.8, 4) is 0 Å². The summed E-state index contributed by atoms with van der Waals surface area (Å²) in [6.45, 7) is 1.02. The summed E-state index contributed by atoms with van der Waals surface area (Å²) >= 11 is 17.4. The van der Waals surface area contributed by atoms with Crippen LogP contribution in [0.25, 0.3) is 0 Å². The van der Waals surface area contributed by atoms with Gasteiger partial charge in [0.25, 0.3) is 5.91 Å². The lowest BCUT2D eigenvalue weighted by molar-refractivity contribution is 0.0955. The lowest BCUT2D eigenvalue weighted by Gasteiger charge is -2.08. The maximum atomic E-state index is 11.9. The highest BCUT2D eigenvalue weighted by Crippen LogP contribution is 2.22. The first kappa shape index (κ1) is 15.9. The first-order valence-corrected chi connectivity index (χ1v) is 7.28. The summed E-state index contributed by atoms with van der Waals surface area (Å²) in [5.41, 5.74) is 1.31. The molecule has 0 fully saturated rings. The Hall–Kier alpha value is -1.49. The Morgan fingerprint density at radius 1 is 1.05 bits per heavy atom. The Bertz CT molecular complexity index is 649. The van der Waals surface area contributed by atoms with Crippen LogP contribution in [-0.2, 0) is 0 Å². The molecule has 0 bridgehead atoms. The summed E-state index contributed by atoms with van der Waals surface area (Å²) < 4.78 is 0. The van der Waals surface area contributed by atoms with E-state index in [1.165, 1.54) is 6.07 Å². The number of carbonyl (C=O) groups excluding carboxylic acids is 1. The highest BCUT2D eigenvalue weighted by molar-refractivity contribution is 6.42. The molecule has 0 saturated heterocycles. The number of benzene rings is 1. The molecule has 1 aromatic carbocycles. The molecule has 21 heavy (non-hydrogen) atoms. The molecule has 2 aromatic rings. The molecule has 0 spiro atoms. The molecule has 0 aliphatic rings. The third-order valence-electron chi connectivity index (χ3n) is 2.65. The topological polar surface area (TPSA) is 54.0 Å². The van der Waals surface area contributed by atoms with Gasteiger partial charge in [-0.3, -0.25) is 4.79 Å². The molecule has 1 heterocycles. The van der Waals surface area contributed by atoms with Gasteiger partial charge in [0.2, 0.25) is 0 Å². The van der Waals surface area contributed by atoms with Crippen molar-refractivity contribution < 1.29 is 4.79 Å². The van der Waals surface area contributed by atoms with Crippen molar-refractivity contribution in [2.45, 2.75) is 0 Å². The van der Waals surface area contributed by atoms with Crippen molar-refractivity contribution in [2.75, 3.05) is 18.4 Å². The fourth-order valence-electron chi connectivity index (χ4n) is 1.63. The standard InChI is InChI=1S/C14H12Cl3N3O/c15-11-2-1-9(7-12(11)16)14(21)20-6-5-18-10-3-4-19-13(17)8-10/h1-4,7-8H,5-6H2,(H,18,19)(H,20,21). The molecule has 1 aromatic heterocycles. The smallest absolute Gasteiger partial charge is 0.251 e. The van der Waals surface area contributed by atoms with Gasteiger partial charge >= 0.3 is 0 Å². The van der Waals surface area contributed by atoms with Crippen LogP contribution >= 0.6 is 34.8 Å². The number of rotatable bonds is 5. The van der Waals surface area contributed by atoms with Crippen LogP contribution < -0.4 is 10.6 Å². The van der Waals surface area contributed by atoms with E-state index in [1.54, 1.807) is 30.5 Å². The quantitative estimate of drug-likeness (QED) is 0.639. The van der Waals surface area contributed by atoms with E-state index >= 15 is 0 Å². The fraction of sp³-hybridized carbons (Fsp3) is 0.143. The first-order valence-electron chi connectivity index (χ1n) is 6.15. The monoisotopic (exact) mass is 343 g/mol. The van der Waals surface area contributed by atoms with Gasteiger partial charge in [0.05, 0.1) is 10.0 Å². The molecular weight excluding hydrogens is 333 g/mol. The number of hydrogen-bond donors (Lipinski definition) is 2. The lowest BCUT2D eigenvalue weighted by atomic mass is 10.2. The van der Waals surface area contributed by atoms with Gasteiger partial charge in [-0.05, 0) is 30.3 Å². The Morgan fingerprint density at radius 3 is 2.57 bits per heavy atom. The molecule has 0 radical (unpaired) electrons. The minimum atomic E-state index is -0.205. The Kier molecular flexibility index (Phi) is 5.67. The molecule has 2 N–H and O–H groups in total. The van der Waals surface area contributed by atoms with Gasteiger partial charge < -0.3 is 10.6 Å². The number of aromatic nitrogens is 1. The number of amides is 1. The number of halogens is 3. The number of nitrogens with zero attached hydrogens (tertiary/aromatic N) is 1. The third kappa shape index (κ3) is 4.77. The zero-order chi connectivity index (χ0) is 15.2. The largest absolute Gasteiger partial charge is 0.383 e. The van der Waals surface area contributed by atoms with Gasteiger partial charge in [-0.25, -0.2) is 4.98 Å². The normalized spacial score (nSPS) is 10.2. The van der Waals surface area contributed by atoms with Crippen LogP contribution in [0, 0.1) is 0 Å². The summed E-state index contributed by atoms with van der Waals surface area (Å²) in [4.78, 5) is 15.8. The number of hydrogen-bond acceptors (Lipinski definition) is 3. The zero-order valence-electron chi connectivity index (χ0n) is 10.9. The SMILES string of the molecule is O=C(NCCNc1ccnc(Cl)c1)c1ccc(Cl)c(Cl)c1. The summed E-state index contributed by atoms with van der Waals surface area (Å²) in [5.74, 6) is -0.205. The Labute approximate surface area is 137 Å². The van der Waals surface area contributed by atoms with E-state index in [9.17, 15) is 4.79 Å². The molecule has 0 aliphatic carbocycles. The van der Waals surface area contributed by atoms with Gasteiger partial charge in [-0.15, -0.1) is 0 Å². The number of pyridine rings is 1. The first-order chi connectivity index (χ1) is 10.1. The average molecular weight is 345 g/mol. The van der Waals surface area contributed by atoms with Crippen LogP contribution in [0.4, 0.5) is 5.69 Å². The fourth-order valence-corrected chi connectivity index (χ4v) is 2.11. The van der Waals surface area contributed by atoms with Crippen LogP contribution in [0.5, 0.6) is 0 Å². The van der Waals surface area contributed by atoms with E-state index in [0.29, 0.717) is 33.9 Å². The van der Waals surface area contributed by atoms with Crippen LogP contribution in [0.3, 0.4) is 0 Å². The highest BCUT2D eigenvalue weighted by Gasteiger charge is 2.07. The molecule has 7 heteroatoms. The van der Waals surface area contributed by atoms with Gasteiger partial charge in [0.1, 0.15) is 5.15 Å². The lowest BCUT2D eigenvalue weighted by Crippen LogP contribution is -2.28. The van der Waals surface area contributed by atoms with Crippen LogP contribution in [0.15, 0.2) is 36.5 Å². The van der Waals surface area contributed by atoms with Gasteiger partial charge in [0.15, 0.2) is 0 Å². The van der Waals surface area contributed by atoms with Crippen LogP contribution in [-0.4, -0.2) is 24.0 Å². The molecule has 0 unspecified atom stereocenters. The third-order valence-corrected chi connectivity index (χ3v) is 3.59. The van der Waals surface area contributed by atoms with E-state index in [0.717, 1.165) is 5.69 Å². The molecule has 1 amide bonds. The van der Waals surface area contributed by atoms with Crippen molar-refractivity contribution in [1.29, 1.82) is 0 Å². The summed E-state index contributed by atoms with van der Waals surface area (Å²) in [6.07, 6.45) is 1.61. The van der Waals surface area contributed by atoms with Crippen molar-refractivity contribution in [2.24, 2.45) is 0 Å². The minimum absolute atomic E-state index is 0.205. The maximum absolute atomic E-state index is 11.9. The predicted octanol–water partition coefficient (Wildman–Crippen LogP) is 3.88. The van der Waals surface area contributed by atoms with E-state index < -0.39 is 0 Å². The molecule has 2 rings (SSSR count). The van der Waals surface area contributed by atoms with Crippen LogP contribution in [0.1, 0.15) is 10.4 Å². The second-order valence-electron chi connectivity index (χ2n) is 4.18. The average Bonchev–Trinajstić information content (AvgIpc) is 2.46. The summed E-state index contributed by atoms with van der Waals surface area (Å²) in [7, 11) is 0. The van der Waals surface area contributed by atoms with E-state index in [-0.39, 0.29) is 5.91 Å². The van der Waals surface area contributed by atoms with Gasteiger partial charge in [0, 0.05) is 30.5 Å². The number of carbonyl (C=O) groups is 1. The molecule has 4 nitrogen and oxygen atoms in total. The second kappa shape index (κ2) is 7.50. The Balaban J connectivity index is 1.80. The van der Waals surface area contributed by atoms with E-state index in [4.69, 9.17) is 34.8 Å². The number of nitrogens with one attached hydrogen (secondary N) is 2. The molecule has 0 saturated carbocycles. The van der Waals surface area contributed by atoms with Crippen molar-refractivity contribution >= 4 is 46.4 Å². The maximum Gasteiger partial charge on any atom is 0.251 e. The summed E-state index contributed by atoms with van der Waals surface area (Å²) in [5, 5.41) is 7.10. The Morgan fingerprint density at radius 2 is 1.86 bits per heavy atom. The second-order valence-corrected chi connectivity index (χ2v) is 5.38.